The maximum Gasteiger partial charge on any atom is 0.257 e. The molecule has 0 spiro atoms. The van der Waals surface area contributed by atoms with Crippen molar-refractivity contribution in [2.45, 2.75) is 11.4 Å². The summed E-state index contributed by atoms with van der Waals surface area (Å²) in [7, 11) is -3.79. The van der Waals surface area contributed by atoms with E-state index in [1.165, 1.54) is 16.4 Å². The van der Waals surface area contributed by atoms with Gasteiger partial charge in [-0.15, -0.1) is 0 Å². The molecule has 1 amide bonds. The largest absolute Gasteiger partial charge is 0.379 e. The first-order valence-electron chi connectivity index (χ1n) is 9.59. The molecule has 156 valence electrons. The molecule has 1 saturated heterocycles. The van der Waals surface area contributed by atoms with E-state index in [1.54, 1.807) is 29.2 Å². The summed E-state index contributed by atoms with van der Waals surface area (Å²) in [5.41, 5.74) is 1.68. The minimum atomic E-state index is -3.79. The molecule has 1 N–H and O–H groups in total. The van der Waals surface area contributed by atoms with E-state index in [4.69, 9.17) is 4.74 Å². The van der Waals surface area contributed by atoms with Crippen molar-refractivity contribution in [3.63, 3.8) is 0 Å². The highest BCUT2D eigenvalue weighted by Gasteiger charge is 2.30. The van der Waals surface area contributed by atoms with Crippen LogP contribution in [0.3, 0.4) is 0 Å². The third kappa shape index (κ3) is 4.43. The quantitative estimate of drug-likeness (QED) is 0.652. The molecule has 0 bridgehead atoms. The zero-order valence-electron chi connectivity index (χ0n) is 16.3. The first kappa shape index (κ1) is 20.3. The molecule has 1 aromatic heterocycles. The van der Waals surface area contributed by atoms with Gasteiger partial charge in [-0.05, 0) is 17.7 Å². The van der Waals surface area contributed by atoms with Crippen LogP contribution in [-0.4, -0.2) is 54.7 Å². The number of sulfonamides is 1. The summed E-state index contributed by atoms with van der Waals surface area (Å²) in [4.78, 5) is 12.9. The number of carbonyl (C=O) groups excluding carboxylic acids is 1. The molecule has 1 fully saturated rings. The zero-order chi connectivity index (χ0) is 21.0. The van der Waals surface area contributed by atoms with Gasteiger partial charge in [-0.25, -0.2) is 8.42 Å². The van der Waals surface area contributed by atoms with E-state index < -0.39 is 15.9 Å². The third-order valence-electron chi connectivity index (χ3n) is 4.80. The maximum atomic E-state index is 13.0. The number of ether oxygens (including phenoxy) is 1. The molecule has 2 heterocycles. The molecular weight excluding hydrogens is 404 g/mol. The van der Waals surface area contributed by atoms with Crippen LogP contribution >= 0.6 is 0 Å². The smallest absolute Gasteiger partial charge is 0.257 e. The van der Waals surface area contributed by atoms with Gasteiger partial charge in [0.25, 0.3) is 5.91 Å². The molecule has 1 aliphatic heterocycles. The number of carbonyl (C=O) groups is 1. The van der Waals surface area contributed by atoms with Crippen LogP contribution in [0.2, 0.25) is 0 Å². The van der Waals surface area contributed by atoms with Crippen LogP contribution in [0.1, 0.15) is 15.9 Å². The molecule has 0 saturated carbocycles. The molecule has 3 aromatic rings. The predicted octanol–water partition coefficient (Wildman–Crippen LogP) is 2.20. The minimum absolute atomic E-state index is 0.0129. The molecule has 0 atom stereocenters. The van der Waals surface area contributed by atoms with Gasteiger partial charge in [0.2, 0.25) is 10.0 Å². The summed E-state index contributed by atoms with van der Waals surface area (Å²) >= 11 is 0. The SMILES string of the molecule is O=C(Nc1cnn(Cc2ccccc2)c1)c1ccccc1S(=O)(=O)N1CCOCC1. The Labute approximate surface area is 175 Å². The Kier molecular flexibility index (Phi) is 5.93. The number of nitrogens with one attached hydrogen (secondary N) is 1. The van der Waals surface area contributed by atoms with Crippen molar-refractivity contribution in [3.8, 4) is 0 Å². The number of amides is 1. The highest BCUT2D eigenvalue weighted by atomic mass is 32.2. The van der Waals surface area contributed by atoms with Gasteiger partial charge >= 0.3 is 0 Å². The predicted molar refractivity (Wildman–Crippen MR) is 112 cm³/mol. The summed E-state index contributed by atoms with van der Waals surface area (Å²) in [6, 6.07) is 16.1. The van der Waals surface area contributed by atoms with Crippen molar-refractivity contribution in [3.05, 3.63) is 78.1 Å². The van der Waals surface area contributed by atoms with E-state index in [1.807, 2.05) is 30.3 Å². The van der Waals surface area contributed by atoms with E-state index in [0.717, 1.165) is 5.56 Å². The van der Waals surface area contributed by atoms with Gasteiger partial charge < -0.3 is 10.1 Å². The molecule has 4 rings (SSSR count). The topological polar surface area (TPSA) is 93.5 Å². The molecule has 2 aromatic carbocycles. The lowest BCUT2D eigenvalue weighted by Gasteiger charge is -2.26. The van der Waals surface area contributed by atoms with Crippen molar-refractivity contribution in [1.82, 2.24) is 14.1 Å². The summed E-state index contributed by atoms with van der Waals surface area (Å²) in [6.45, 7) is 1.79. The van der Waals surface area contributed by atoms with E-state index in [2.05, 4.69) is 10.4 Å². The fourth-order valence-electron chi connectivity index (χ4n) is 3.29. The Morgan fingerprint density at radius 2 is 1.73 bits per heavy atom. The van der Waals surface area contributed by atoms with Crippen LogP contribution in [0.4, 0.5) is 5.69 Å². The molecule has 0 unspecified atom stereocenters. The average molecular weight is 426 g/mol. The van der Waals surface area contributed by atoms with Gasteiger partial charge in [0, 0.05) is 19.3 Å². The van der Waals surface area contributed by atoms with Gasteiger partial charge in [0.15, 0.2) is 0 Å². The highest BCUT2D eigenvalue weighted by Crippen LogP contribution is 2.22. The van der Waals surface area contributed by atoms with Crippen LogP contribution in [0, 0.1) is 0 Å². The summed E-state index contributed by atoms with van der Waals surface area (Å²) < 4.78 is 34.4. The number of nitrogens with zero attached hydrogens (tertiary/aromatic N) is 3. The fraction of sp³-hybridized carbons (Fsp3) is 0.238. The number of rotatable bonds is 6. The Hall–Kier alpha value is -3.01. The van der Waals surface area contributed by atoms with Crippen molar-refractivity contribution >= 4 is 21.6 Å². The molecule has 1 aliphatic rings. The molecular formula is C21H22N4O4S. The third-order valence-corrected chi connectivity index (χ3v) is 6.75. The van der Waals surface area contributed by atoms with Gasteiger partial charge in [-0.1, -0.05) is 42.5 Å². The number of hydrogen-bond acceptors (Lipinski definition) is 5. The standard InChI is InChI=1S/C21H22N4O4S/c26-21(23-18-14-22-24(16-18)15-17-6-2-1-3-7-17)19-8-4-5-9-20(19)30(27,28)25-10-12-29-13-11-25/h1-9,14,16H,10-13,15H2,(H,23,26). The Morgan fingerprint density at radius 3 is 2.50 bits per heavy atom. The Morgan fingerprint density at radius 1 is 1.03 bits per heavy atom. The number of aromatic nitrogens is 2. The number of benzene rings is 2. The van der Waals surface area contributed by atoms with Gasteiger partial charge in [-0.3, -0.25) is 9.48 Å². The number of anilines is 1. The van der Waals surface area contributed by atoms with Crippen molar-refractivity contribution < 1.29 is 17.9 Å². The van der Waals surface area contributed by atoms with Crippen LogP contribution in [0.15, 0.2) is 71.9 Å². The molecule has 0 radical (unpaired) electrons. The van der Waals surface area contributed by atoms with E-state index in [9.17, 15) is 13.2 Å². The Bertz CT molecular complexity index is 1120. The molecule has 30 heavy (non-hydrogen) atoms. The summed E-state index contributed by atoms with van der Waals surface area (Å²) in [5, 5.41) is 7.01. The minimum Gasteiger partial charge on any atom is -0.379 e. The van der Waals surface area contributed by atoms with Gasteiger partial charge in [0.05, 0.1) is 42.1 Å². The second-order valence-electron chi connectivity index (χ2n) is 6.88. The van der Waals surface area contributed by atoms with Crippen molar-refractivity contribution in [2.75, 3.05) is 31.6 Å². The zero-order valence-corrected chi connectivity index (χ0v) is 17.1. The second-order valence-corrected chi connectivity index (χ2v) is 8.79. The summed E-state index contributed by atoms with van der Waals surface area (Å²) in [5.74, 6) is -0.498. The molecule has 0 aliphatic carbocycles. The Balaban J connectivity index is 1.52. The normalized spacial score (nSPS) is 15.1. The van der Waals surface area contributed by atoms with Crippen molar-refractivity contribution in [2.24, 2.45) is 0 Å². The molecule has 9 heteroatoms. The first-order chi connectivity index (χ1) is 14.5. The van der Waals surface area contributed by atoms with E-state index in [-0.39, 0.29) is 23.5 Å². The van der Waals surface area contributed by atoms with Crippen LogP contribution in [0.5, 0.6) is 0 Å². The van der Waals surface area contributed by atoms with E-state index in [0.29, 0.717) is 25.4 Å². The van der Waals surface area contributed by atoms with Crippen molar-refractivity contribution in [1.29, 1.82) is 0 Å². The van der Waals surface area contributed by atoms with E-state index >= 15 is 0 Å². The number of hydrogen-bond donors (Lipinski definition) is 1. The number of morpholine rings is 1. The average Bonchev–Trinajstić information content (AvgIpc) is 3.21. The highest BCUT2D eigenvalue weighted by molar-refractivity contribution is 7.89. The first-order valence-corrected chi connectivity index (χ1v) is 11.0. The lowest BCUT2D eigenvalue weighted by atomic mass is 10.2. The fourth-order valence-corrected chi connectivity index (χ4v) is 4.89. The maximum absolute atomic E-state index is 13.0. The second kappa shape index (κ2) is 8.78. The molecule has 8 nitrogen and oxygen atoms in total. The lowest BCUT2D eigenvalue weighted by molar-refractivity contribution is 0.0730. The monoisotopic (exact) mass is 426 g/mol. The van der Waals surface area contributed by atoms with Gasteiger partial charge in [-0.2, -0.15) is 9.40 Å². The van der Waals surface area contributed by atoms with Crippen LogP contribution in [-0.2, 0) is 21.3 Å². The lowest BCUT2D eigenvalue weighted by Crippen LogP contribution is -2.41. The van der Waals surface area contributed by atoms with Crippen LogP contribution in [0.25, 0.3) is 0 Å². The van der Waals surface area contributed by atoms with Gasteiger partial charge in [0.1, 0.15) is 0 Å². The van der Waals surface area contributed by atoms with Crippen LogP contribution < -0.4 is 5.32 Å². The summed E-state index contributed by atoms with van der Waals surface area (Å²) in [6.07, 6.45) is 3.25.